The van der Waals surface area contributed by atoms with Gasteiger partial charge in [0, 0.05) is 47.8 Å². The average molecular weight is 672 g/mol. The molecule has 2 N–H and O–H groups in total. The first-order chi connectivity index (χ1) is 23.6. The Bertz CT molecular complexity index is 1870. The molecule has 2 atom stereocenters. The number of carbonyl (C=O) groups is 2. The maximum Gasteiger partial charge on any atom is 0.335 e. The van der Waals surface area contributed by atoms with E-state index in [1.807, 2.05) is 24.3 Å². The van der Waals surface area contributed by atoms with Crippen molar-refractivity contribution in [2.24, 2.45) is 21.7 Å². The van der Waals surface area contributed by atoms with Crippen LogP contribution >= 0.6 is 0 Å². The predicted octanol–water partition coefficient (Wildman–Crippen LogP) is 7.80. The number of carboxylic acids is 2. The monoisotopic (exact) mass is 671 g/mol. The Labute approximate surface area is 293 Å². The van der Waals surface area contributed by atoms with Gasteiger partial charge in [0.1, 0.15) is 6.33 Å². The van der Waals surface area contributed by atoms with Gasteiger partial charge in [-0.25, -0.2) is 19.6 Å². The number of anilines is 2. The van der Waals surface area contributed by atoms with Gasteiger partial charge in [-0.05, 0) is 59.4 Å². The van der Waals surface area contributed by atoms with E-state index >= 15 is 0 Å². The molecule has 0 saturated heterocycles. The quantitative estimate of drug-likeness (QED) is 0.253. The summed E-state index contributed by atoms with van der Waals surface area (Å²) in [5.74, 6) is -0.472. The maximum absolute atomic E-state index is 11.4. The molecule has 2 aliphatic heterocycles. The third-order valence-electron chi connectivity index (χ3n) is 11.6. The lowest BCUT2D eigenvalue weighted by molar-refractivity contribution is 0.0686. The molecule has 0 amide bonds. The molecule has 2 aromatic carbocycles. The van der Waals surface area contributed by atoms with Crippen LogP contribution in [0.3, 0.4) is 0 Å². The van der Waals surface area contributed by atoms with Crippen LogP contribution < -0.4 is 9.80 Å². The van der Waals surface area contributed by atoms with Crippen molar-refractivity contribution in [3.8, 4) is 0 Å². The van der Waals surface area contributed by atoms with Crippen molar-refractivity contribution in [1.82, 2.24) is 15.0 Å². The Morgan fingerprint density at radius 1 is 0.600 bits per heavy atom. The summed E-state index contributed by atoms with van der Waals surface area (Å²) in [6.45, 7) is 16.7. The Balaban J connectivity index is 1.10. The number of hydrogen-bond donors (Lipinski definition) is 2. The molecule has 9 heteroatoms. The first-order valence-corrected chi connectivity index (χ1v) is 17.3. The molecule has 1 aromatic heterocycles. The van der Waals surface area contributed by atoms with Crippen molar-refractivity contribution < 1.29 is 19.8 Å². The summed E-state index contributed by atoms with van der Waals surface area (Å²) in [6, 6.07) is 14.4. The molecule has 50 heavy (non-hydrogen) atoms. The highest BCUT2D eigenvalue weighted by Gasteiger charge is 2.48. The number of fused-ring (bicyclic) bond motifs is 2. The van der Waals surface area contributed by atoms with Gasteiger partial charge in [-0.2, -0.15) is 4.98 Å². The lowest BCUT2D eigenvalue weighted by Gasteiger charge is -2.51. The minimum atomic E-state index is -0.916. The Kier molecular flexibility index (Phi) is 7.88. The summed E-state index contributed by atoms with van der Waals surface area (Å²) in [4.78, 5) is 41.7. The van der Waals surface area contributed by atoms with Gasteiger partial charge in [-0.15, -0.1) is 0 Å². The first kappa shape index (κ1) is 33.4. The maximum atomic E-state index is 11.4. The molecule has 0 saturated carbocycles. The number of rotatable bonds is 6. The highest BCUT2D eigenvalue weighted by atomic mass is 16.4. The van der Waals surface area contributed by atoms with Gasteiger partial charge in [0.15, 0.2) is 0 Å². The molecule has 258 valence electrons. The lowest BCUT2D eigenvalue weighted by atomic mass is 9.58. The zero-order valence-electron chi connectivity index (χ0n) is 29.7. The van der Waals surface area contributed by atoms with Gasteiger partial charge < -0.3 is 20.0 Å². The van der Waals surface area contributed by atoms with Crippen LogP contribution in [0.25, 0.3) is 11.1 Å². The van der Waals surface area contributed by atoms with Crippen molar-refractivity contribution in [2.45, 2.75) is 54.4 Å². The molecule has 0 spiro atoms. The topological polar surface area (TPSA) is 120 Å². The third kappa shape index (κ3) is 5.53. The Morgan fingerprint density at radius 3 is 1.34 bits per heavy atom. The lowest BCUT2D eigenvalue weighted by Crippen LogP contribution is -2.48. The van der Waals surface area contributed by atoms with Crippen LogP contribution in [-0.4, -0.2) is 63.3 Å². The zero-order valence-corrected chi connectivity index (χ0v) is 29.7. The highest BCUT2D eigenvalue weighted by molar-refractivity contribution is 5.89. The van der Waals surface area contributed by atoms with E-state index in [-0.39, 0.29) is 21.7 Å². The highest BCUT2D eigenvalue weighted by Crippen LogP contribution is 2.57. The summed E-state index contributed by atoms with van der Waals surface area (Å²) in [5, 5.41) is 18.7. The number of benzene rings is 2. The normalized spacial score (nSPS) is 25.3. The SMILES string of the molecule is CC1(C)C(c2ccc(C(=O)O)cc2)=CC[C@]2(C)CN(c3ncnc(N4CC=C5C(C)(C)C(c6ccc(C(=O)O)cc6)=CC[C@]5(C)C4)n3)CC=C12. The fourth-order valence-electron chi connectivity index (χ4n) is 9.29. The van der Waals surface area contributed by atoms with Crippen molar-refractivity contribution in [3.63, 3.8) is 0 Å². The molecule has 0 unspecified atom stereocenters. The van der Waals surface area contributed by atoms with Crippen molar-refractivity contribution in [3.05, 3.63) is 113 Å². The third-order valence-corrected chi connectivity index (χ3v) is 11.6. The van der Waals surface area contributed by atoms with Crippen LogP contribution in [0.15, 0.2) is 90.3 Å². The Morgan fingerprint density at radius 2 is 0.980 bits per heavy atom. The molecule has 7 rings (SSSR count). The molecule has 0 radical (unpaired) electrons. The van der Waals surface area contributed by atoms with Crippen molar-refractivity contribution in [2.75, 3.05) is 36.0 Å². The van der Waals surface area contributed by atoms with Gasteiger partial charge in [-0.1, -0.05) is 101 Å². The van der Waals surface area contributed by atoms with Crippen LogP contribution in [0, 0.1) is 21.7 Å². The predicted molar refractivity (Wildman–Crippen MR) is 196 cm³/mol. The van der Waals surface area contributed by atoms with Crippen LogP contribution in [0.5, 0.6) is 0 Å². The van der Waals surface area contributed by atoms with E-state index in [9.17, 15) is 19.8 Å². The number of nitrogens with zero attached hydrogens (tertiary/aromatic N) is 5. The summed E-state index contributed by atoms with van der Waals surface area (Å²) < 4.78 is 0. The van der Waals surface area contributed by atoms with E-state index in [2.05, 4.69) is 85.6 Å². The summed E-state index contributed by atoms with van der Waals surface area (Å²) >= 11 is 0. The van der Waals surface area contributed by atoms with E-state index in [4.69, 9.17) is 4.98 Å². The van der Waals surface area contributed by atoms with Gasteiger partial charge in [0.2, 0.25) is 11.9 Å². The van der Waals surface area contributed by atoms with E-state index < -0.39 is 11.9 Å². The van der Waals surface area contributed by atoms with Gasteiger partial charge in [0.05, 0.1) is 11.1 Å². The van der Waals surface area contributed by atoms with E-state index in [1.165, 1.54) is 22.3 Å². The minimum Gasteiger partial charge on any atom is -0.478 e. The van der Waals surface area contributed by atoms with E-state index in [1.54, 1.807) is 30.6 Å². The number of carboxylic acid groups (broad SMARTS) is 2. The molecule has 4 aliphatic rings. The van der Waals surface area contributed by atoms with Gasteiger partial charge in [0.25, 0.3) is 0 Å². The number of hydrogen-bond acceptors (Lipinski definition) is 7. The molecule has 0 fully saturated rings. The number of aromatic carboxylic acids is 2. The minimum absolute atomic E-state index is 0.110. The second-order valence-electron chi connectivity index (χ2n) is 15.9. The van der Waals surface area contributed by atoms with Crippen LogP contribution in [0.1, 0.15) is 86.2 Å². The second kappa shape index (κ2) is 11.8. The smallest absolute Gasteiger partial charge is 0.335 e. The standard InChI is InChI=1S/C41H45N5O4/c1-38(2)30(26-7-11-28(12-8-26)34(47)48)15-19-40(5)23-45(21-17-32(38)40)36-42-25-43-37(44-36)46-22-18-33-39(3,4)31(16-20-41(33,6)24-46)27-9-13-29(14-10-27)35(49)50/h7-18,25H,19-24H2,1-6H3,(H,47,48)(H,49,50)/t40-,41-/m1/s1. The summed E-state index contributed by atoms with van der Waals surface area (Å²) in [7, 11) is 0. The molecule has 3 heterocycles. The van der Waals surface area contributed by atoms with Crippen LogP contribution in [-0.2, 0) is 0 Å². The molecular weight excluding hydrogens is 626 g/mol. The molecular formula is C41H45N5O4. The molecule has 9 nitrogen and oxygen atoms in total. The van der Waals surface area contributed by atoms with Gasteiger partial charge in [-0.3, -0.25) is 0 Å². The molecule has 3 aromatic rings. The largest absolute Gasteiger partial charge is 0.478 e. The average Bonchev–Trinajstić information content (AvgIpc) is 3.07. The second-order valence-corrected chi connectivity index (χ2v) is 15.9. The van der Waals surface area contributed by atoms with Crippen LogP contribution in [0.2, 0.25) is 0 Å². The summed E-state index contributed by atoms with van der Waals surface area (Å²) in [5.41, 5.74) is 7.28. The fourth-order valence-corrected chi connectivity index (χ4v) is 9.29. The molecule has 0 bridgehead atoms. The fraction of sp³-hybridized carbons (Fsp3) is 0.390. The van der Waals surface area contributed by atoms with Crippen molar-refractivity contribution in [1.29, 1.82) is 0 Å². The first-order valence-electron chi connectivity index (χ1n) is 17.3. The molecule has 2 aliphatic carbocycles. The van der Waals surface area contributed by atoms with E-state index in [0.29, 0.717) is 36.1 Å². The Hall–Kier alpha value is -5.05. The van der Waals surface area contributed by atoms with E-state index in [0.717, 1.165) is 37.1 Å². The summed E-state index contributed by atoms with van der Waals surface area (Å²) in [6.07, 6.45) is 12.7. The van der Waals surface area contributed by atoms with Gasteiger partial charge >= 0.3 is 11.9 Å². The number of aromatic nitrogens is 3. The number of allylic oxidation sites excluding steroid dienone is 4. The zero-order chi connectivity index (χ0) is 35.6. The van der Waals surface area contributed by atoms with Crippen molar-refractivity contribution >= 4 is 35.0 Å². The van der Waals surface area contributed by atoms with Crippen LogP contribution in [0.4, 0.5) is 11.9 Å².